The van der Waals surface area contributed by atoms with E-state index in [-0.39, 0.29) is 17.9 Å². The van der Waals surface area contributed by atoms with Gasteiger partial charge in [0.15, 0.2) is 0 Å². The molecule has 0 radical (unpaired) electrons. The Morgan fingerprint density at radius 3 is 2.00 bits per heavy atom. The lowest BCUT2D eigenvalue weighted by Crippen LogP contribution is -2.57. The predicted octanol–water partition coefficient (Wildman–Crippen LogP) is 6.50. The van der Waals surface area contributed by atoms with Gasteiger partial charge in [-0.25, -0.2) is 4.79 Å². The number of carbonyl (C=O) groups is 3. The summed E-state index contributed by atoms with van der Waals surface area (Å²) in [6.45, 7) is 19.5. The van der Waals surface area contributed by atoms with E-state index in [1.165, 1.54) is 0 Å². The van der Waals surface area contributed by atoms with Gasteiger partial charge in [-0.3, -0.25) is 9.59 Å². The van der Waals surface area contributed by atoms with Crippen LogP contribution < -0.4 is 10.6 Å². The first-order chi connectivity index (χ1) is 18.0. The molecule has 3 unspecified atom stereocenters. The van der Waals surface area contributed by atoms with Crippen molar-refractivity contribution in [1.29, 1.82) is 0 Å². The highest BCUT2D eigenvalue weighted by atomic mass is 32.2. The molecule has 7 nitrogen and oxygen atoms in total. The Labute approximate surface area is 241 Å². The molecule has 0 aromatic heterocycles. The van der Waals surface area contributed by atoms with Gasteiger partial charge in [-0.1, -0.05) is 45.0 Å². The lowest BCUT2D eigenvalue weighted by atomic mass is 9.95. The second-order valence-corrected chi connectivity index (χ2v) is 13.8. The summed E-state index contributed by atoms with van der Waals surface area (Å²) in [7, 11) is 0. The molecule has 0 fully saturated rings. The molecule has 0 aliphatic carbocycles. The Hall–Kier alpha value is -2.22. The SMILES string of the molecule is CCc1ccc(C(C(=O)NC(C)(C)C)N(C(=O)C(CCSC)NC(=O)OC(C)(C)C)C(C)CCC(C)C)cc1. The van der Waals surface area contributed by atoms with Crippen molar-refractivity contribution in [2.45, 2.75) is 124 Å². The van der Waals surface area contributed by atoms with Gasteiger partial charge in [-0.15, -0.1) is 0 Å². The highest BCUT2D eigenvalue weighted by Crippen LogP contribution is 2.29. The van der Waals surface area contributed by atoms with Gasteiger partial charge >= 0.3 is 6.09 Å². The number of rotatable bonds is 13. The van der Waals surface area contributed by atoms with Crippen LogP contribution in [0.5, 0.6) is 0 Å². The third-order valence-electron chi connectivity index (χ3n) is 6.22. The van der Waals surface area contributed by atoms with Gasteiger partial charge < -0.3 is 20.3 Å². The summed E-state index contributed by atoms with van der Waals surface area (Å²) >= 11 is 1.60. The van der Waals surface area contributed by atoms with Crippen molar-refractivity contribution in [2.24, 2.45) is 5.92 Å². The van der Waals surface area contributed by atoms with E-state index in [1.54, 1.807) is 37.4 Å². The van der Waals surface area contributed by atoms with Crippen LogP contribution in [-0.2, 0) is 20.7 Å². The molecule has 0 spiro atoms. The molecule has 0 bridgehead atoms. The quantitative estimate of drug-likeness (QED) is 0.286. The van der Waals surface area contributed by atoms with E-state index in [4.69, 9.17) is 4.74 Å². The number of alkyl carbamates (subject to hydrolysis) is 1. The number of ether oxygens (including phenoxy) is 1. The molecule has 3 amide bonds. The standard InChI is InChI=1S/C31H53N3O4S/c1-12-23-15-17-24(18-16-23)26(27(35)33-30(5,6)7)34(22(4)14-13-21(2)3)28(36)25(19-20-39-11)32-29(37)38-31(8,9)10/h15-18,21-22,25-26H,12-14,19-20H2,1-11H3,(H,32,37)(H,33,35). The van der Waals surface area contributed by atoms with Crippen molar-refractivity contribution in [1.82, 2.24) is 15.5 Å². The van der Waals surface area contributed by atoms with Crippen molar-refractivity contribution < 1.29 is 19.1 Å². The summed E-state index contributed by atoms with van der Waals surface area (Å²) < 4.78 is 5.49. The zero-order valence-corrected chi connectivity index (χ0v) is 27.0. The lowest BCUT2D eigenvalue weighted by molar-refractivity contribution is -0.145. The molecular weight excluding hydrogens is 510 g/mol. The first kappa shape index (κ1) is 34.8. The molecule has 8 heteroatoms. The molecule has 39 heavy (non-hydrogen) atoms. The number of amides is 3. The molecular formula is C31H53N3O4S. The number of nitrogens with zero attached hydrogens (tertiary/aromatic N) is 1. The Kier molecular flexibility index (Phi) is 13.9. The van der Waals surface area contributed by atoms with Gasteiger partial charge in [-0.2, -0.15) is 11.8 Å². The minimum atomic E-state index is -0.845. The molecule has 0 heterocycles. The van der Waals surface area contributed by atoms with Gasteiger partial charge in [-0.05, 0) is 103 Å². The van der Waals surface area contributed by atoms with Gasteiger partial charge in [0.05, 0.1) is 0 Å². The maximum Gasteiger partial charge on any atom is 0.408 e. The Morgan fingerprint density at radius 1 is 0.949 bits per heavy atom. The molecule has 0 saturated carbocycles. The Bertz CT molecular complexity index is 919. The maximum atomic E-state index is 14.4. The van der Waals surface area contributed by atoms with E-state index in [0.29, 0.717) is 18.1 Å². The molecule has 2 N–H and O–H groups in total. The smallest absolute Gasteiger partial charge is 0.408 e. The third-order valence-corrected chi connectivity index (χ3v) is 6.86. The molecule has 0 saturated heterocycles. The first-order valence-corrected chi connectivity index (χ1v) is 15.6. The van der Waals surface area contributed by atoms with E-state index in [1.807, 2.05) is 58.2 Å². The highest BCUT2D eigenvalue weighted by Gasteiger charge is 2.39. The largest absolute Gasteiger partial charge is 0.444 e. The zero-order valence-electron chi connectivity index (χ0n) is 26.1. The fraction of sp³-hybridized carbons (Fsp3) is 0.710. The summed E-state index contributed by atoms with van der Waals surface area (Å²) in [6.07, 6.45) is 4.27. The molecule has 3 atom stereocenters. The number of thioether (sulfide) groups is 1. The molecule has 0 aliphatic heterocycles. The van der Waals surface area contributed by atoms with Crippen LogP contribution in [0.25, 0.3) is 0 Å². The van der Waals surface area contributed by atoms with Gasteiger partial charge in [0.1, 0.15) is 17.7 Å². The molecule has 0 aliphatic rings. The van der Waals surface area contributed by atoms with Crippen LogP contribution in [0.4, 0.5) is 4.79 Å². The minimum Gasteiger partial charge on any atom is -0.444 e. The predicted molar refractivity (Wildman–Crippen MR) is 163 cm³/mol. The second kappa shape index (κ2) is 15.5. The normalized spacial score (nSPS) is 14.4. The highest BCUT2D eigenvalue weighted by molar-refractivity contribution is 7.98. The van der Waals surface area contributed by atoms with Crippen molar-refractivity contribution in [2.75, 3.05) is 12.0 Å². The number of nitrogens with one attached hydrogen (secondary N) is 2. The Balaban J connectivity index is 3.64. The Morgan fingerprint density at radius 2 is 1.54 bits per heavy atom. The van der Waals surface area contributed by atoms with E-state index in [9.17, 15) is 14.4 Å². The van der Waals surface area contributed by atoms with E-state index >= 15 is 0 Å². The van der Waals surface area contributed by atoms with Gasteiger partial charge in [0.2, 0.25) is 11.8 Å². The van der Waals surface area contributed by atoms with E-state index in [0.717, 1.165) is 30.4 Å². The third kappa shape index (κ3) is 12.7. The summed E-state index contributed by atoms with van der Waals surface area (Å²) in [5, 5.41) is 5.93. The zero-order chi connectivity index (χ0) is 30.0. The van der Waals surface area contributed by atoms with Crippen LogP contribution in [0.2, 0.25) is 0 Å². The monoisotopic (exact) mass is 563 g/mol. The minimum absolute atomic E-state index is 0.237. The summed E-state index contributed by atoms with van der Waals surface area (Å²) in [4.78, 5) is 42.8. The molecule has 1 aromatic rings. The fourth-order valence-corrected chi connectivity index (χ4v) is 4.72. The summed E-state index contributed by atoms with van der Waals surface area (Å²) in [5.41, 5.74) is 0.725. The summed E-state index contributed by atoms with van der Waals surface area (Å²) in [6, 6.07) is 6.00. The van der Waals surface area contributed by atoms with Gasteiger partial charge in [0.25, 0.3) is 0 Å². The molecule has 1 aromatic carbocycles. The summed E-state index contributed by atoms with van der Waals surface area (Å²) in [5.74, 6) is 0.601. The lowest BCUT2D eigenvalue weighted by Gasteiger charge is -2.40. The van der Waals surface area contributed by atoms with Crippen LogP contribution in [0, 0.1) is 5.92 Å². The molecule has 1 rings (SSSR count). The van der Waals surface area contributed by atoms with Crippen LogP contribution in [-0.4, -0.2) is 58.0 Å². The van der Waals surface area contributed by atoms with Gasteiger partial charge in [0, 0.05) is 11.6 Å². The average molecular weight is 564 g/mol. The van der Waals surface area contributed by atoms with Crippen LogP contribution in [0.15, 0.2) is 24.3 Å². The second-order valence-electron chi connectivity index (χ2n) is 12.8. The van der Waals surface area contributed by atoms with E-state index in [2.05, 4.69) is 31.4 Å². The van der Waals surface area contributed by atoms with Crippen molar-refractivity contribution >= 4 is 29.7 Å². The van der Waals surface area contributed by atoms with Crippen molar-refractivity contribution in [3.8, 4) is 0 Å². The van der Waals surface area contributed by atoms with E-state index < -0.39 is 29.3 Å². The first-order valence-electron chi connectivity index (χ1n) is 14.2. The number of benzene rings is 1. The number of hydrogen-bond donors (Lipinski definition) is 2. The van der Waals surface area contributed by atoms with Crippen LogP contribution >= 0.6 is 11.8 Å². The van der Waals surface area contributed by atoms with Crippen LogP contribution in [0.3, 0.4) is 0 Å². The number of hydrogen-bond acceptors (Lipinski definition) is 5. The fourth-order valence-electron chi connectivity index (χ4n) is 4.25. The maximum absolute atomic E-state index is 14.4. The van der Waals surface area contributed by atoms with Crippen molar-refractivity contribution in [3.05, 3.63) is 35.4 Å². The number of aryl methyl sites for hydroxylation is 1. The van der Waals surface area contributed by atoms with Crippen molar-refractivity contribution in [3.63, 3.8) is 0 Å². The van der Waals surface area contributed by atoms with Crippen LogP contribution in [0.1, 0.15) is 106 Å². The molecule has 222 valence electrons. The average Bonchev–Trinajstić information content (AvgIpc) is 2.80. The number of carbonyl (C=O) groups excluding carboxylic acids is 3. The topological polar surface area (TPSA) is 87.7 Å².